The number of hydrogen-bond acceptors (Lipinski definition) is 8. The van der Waals surface area contributed by atoms with Gasteiger partial charge in [0.05, 0.1) is 11.4 Å². The number of halogens is 4. The summed E-state index contributed by atoms with van der Waals surface area (Å²) in [5.74, 6) is 0.664. The smallest absolute Gasteiger partial charge is 0.255 e. The van der Waals surface area contributed by atoms with Gasteiger partial charge < -0.3 is 20.0 Å². The van der Waals surface area contributed by atoms with Crippen molar-refractivity contribution >= 4 is 61.3 Å². The summed E-state index contributed by atoms with van der Waals surface area (Å²) >= 11 is 0. The average Bonchev–Trinajstić information content (AvgIpc) is 2.87. The Kier molecular flexibility index (Phi) is 13.1. The van der Waals surface area contributed by atoms with Crippen LogP contribution < -0.4 is 20.7 Å². The lowest BCUT2D eigenvalue weighted by molar-refractivity contribution is 0.313. The molecule has 0 spiro atoms. The predicted molar refractivity (Wildman–Crippen MR) is 159 cm³/mol. The molecule has 1 N–H and O–H groups in total. The second kappa shape index (κ2) is 14.7. The van der Waals surface area contributed by atoms with Crippen molar-refractivity contribution in [1.29, 1.82) is 0 Å². The Bertz CT molecular complexity index is 1160. The van der Waals surface area contributed by atoms with E-state index in [0.717, 1.165) is 45.8 Å². The summed E-state index contributed by atoms with van der Waals surface area (Å²) in [4.78, 5) is 32.7. The van der Waals surface area contributed by atoms with Crippen molar-refractivity contribution in [3.63, 3.8) is 0 Å². The van der Waals surface area contributed by atoms with E-state index in [1.807, 2.05) is 0 Å². The van der Waals surface area contributed by atoms with Crippen molar-refractivity contribution in [2.75, 3.05) is 62.7 Å². The molecule has 13 heteroatoms. The summed E-state index contributed by atoms with van der Waals surface area (Å²) in [6.45, 7) is 6.66. The highest BCUT2D eigenvalue weighted by atomic mass is 35.5. The van der Waals surface area contributed by atoms with Gasteiger partial charge >= 0.3 is 0 Å². The van der Waals surface area contributed by atoms with Crippen molar-refractivity contribution in [1.82, 2.24) is 29.7 Å². The van der Waals surface area contributed by atoms with Crippen molar-refractivity contribution in [3.8, 4) is 11.4 Å². The minimum atomic E-state index is -0.0970. The third-order valence-corrected chi connectivity index (χ3v) is 6.58. The zero-order valence-electron chi connectivity index (χ0n) is 20.8. The Morgan fingerprint density at radius 2 is 1.57 bits per heavy atom. The van der Waals surface area contributed by atoms with E-state index in [-0.39, 0.29) is 61.2 Å². The number of anilines is 2. The van der Waals surface area contributed by atoms with E-state index in [2.05, 4.69) is 61.3 Å². The third-order valence-electron chi connectivity index (χ3n) is 6.58. The van der Waals surface area contributed by atoms with Crippen molar-refractivity contribution < 1.29 is 0 Å². The lowest BCUT2D eigenvalue weighted by Crippen LogP contribution is -2.47. The Labute approximate surface area is 242 Å². The summed E-state index contributed by atoms with van der Waals surface area (Å²) < 4.78 is 1.61. The topological polar surface area (TPSA) is 82.4 Å². The maximum atomic E-state index is 12.7. The number of piperazine rings is 2. The fourth-order valence-corrected chi connectivity index (χ4v) is 4.52. The summed E-state index contributed by atoms with van der Waals surface area (Å²) in [6.07, 6.45) is 3.13. The Morgan fingerprint density at radius 1 is 0.865 bits per heavy atom. The molecule has 0 unspecified atom stereocenters. The number of nitrogens with one attached hydrogen (secondary N) is 1. The van der Waals surface area contributed by atoms with Gasteiger partial charge in [-0.1, -0.05) is 12.1 Å². The van der Waals surface area contributed by atoms with Gasteiger partial charge in [-0.05, 0) is 30.8 Å². The van der Waals surface area contributed by atoms with Crippen LogP contribution in [0.3, 0.4) is 0 Å². The first-order valence-corrected chi connectivity index (χ1v) is 11.4. The highest BCUT2D eigenvalue weighted by Gasteiger charge is 2.24. The van der Waals surface area contributed by atoms with Crippen LogP contribution >= 0.6 is 49.6 Å². The molecular weight excluding hydrogens is 558 g/mol. The van der Waals surface area contributed by atoms with E-state index in [1.165, 1.54) is 23.6 Å². The lowest BCUT2D eigenvalue weighted by atomic mass is 10.0. The summed E-state index contributed by atoms with van der Waals surface area (Å²) in [6, 6.07) is 12.4. The Morgan fingerprint density at radius 3 is 2.22 bits per heavy atom. The van der Waals surface area contributed by atoms with Crippen LogP contribution in [0.1, 0.15) is 11.6 Å². The molecule has 0 bridgehead atoms. The first-order chi connectivity index (χ1) is 16.1. The molecular formula is C24H34Cl4N8O. The molecule has 2 saturated heterocycles. The fraction of sp³-hybridized carbons (Fsp3) is 0.417. The highest BCUT2D eigenvalue weighted by Crippen LogP contribution is 2.25. The number of benzene rings is 1. The molecule has 204 valence electrons. The summed E-state index contributed by atoms with van der Waals surface area (Å²) in [5.41, 5.74) is 3.65. The van der Waals surface area contributed by atoms with E-state index in [4.69, 9.17) is 4.98 Å². The standard InChI is InChI=1S/C24H30N8O.4ClH/c1-29-11-13-31(14-12-29)19-5-3-18(4-6-19)22-16-32(10-9-26-22)24-28-21(15-23(33)30(24)2)20-7-8-25-17-27-20;;;;/h3-8,15,17,22,26H,9-14,16H2,1-2H3;4*1H/t22-;;;;/m1..../s1. The maximum Gasteiger partial charge on any atom is 0.255 e. The van der Waals surface area contributed by atoms with Crippen molar-refractivity contribution in [2.45, 2.75) is 6.04 Å². The molecule has 0 amide bonds. The van der Waals surface area contributed by atoms with Crippen LogP contribution in [0, 0.1) is 0 Å². The van der Waals surface area contributed by atoms with Crippen LogP contribution in [0.25, 0.3) is 11.4 Å². The van der Waals surface area contributed by atoms with Crippen LogP contribution in [0.15, 0.2) is 53.7 Å². The second-order valence-corrected chi connectivity index (χ2v) is 8.77. The van der Waals surface area contributed by atoms with E-state index in [1.54, 1.807) is 23.9 Å². The molecule has 4 heterocycles. The Balaban J connectivity index is 0.00000171. The molecule has 2 aromatic heterocycles. The molecule has 37 heavy (non-hydrogen) atoms. The fourth-order valence-electron chi connectivity index (χ4n) is 4.52. The van der Waals surface area contributed by atoms with Gasteiger partial charge in [0.25, 0.3) is 5.56 Å². The molecule has 5 rings (SSSR count). The third kappa shape index (κ3) is 7.46. The molecule has 0 radical (unpaired) electrons. The van der Waals surface area contributed by atoms with Crippen LogP contribution in [0.5, 0.6) is 0 Å². The van der Waals surface area contributed by atoms with Crippen LogP contribution in [-0.4, -0.2) is 77.3 Å². The lowest BCUT2D eigenvalue weighted by Gasteiger charge is -2.36. The van der Waals surface area contributed by atoms with Gasteiger partial charge in [0.2, 0.25) is 5.95 Å². The number of likely N-dealkylation sites (N-methyl/N-ethyl adjacent to an activating group) is 1. The number of aromatic nitrogens is 4. The molecule has 1 aromatic carbocycles. The minimum absolute atomic E-state index is 0. The number of nitrogens with zero attached hydrogens (tertiary/aromatic N) is 7. The van der Waals surface area contributed by atoms with Gasteiger partial charge in [-0.2, -0.15) is 0 Å². The number of hydrogen-bond donors (Lipinski definition) is 1. The molecule has 0 aliphatic carbocycles. The second-order valence-electron chi connectivity index (χ2n) is 8.77. The molecule has 9 nitrogen and oxygen atoms in total. The van der Waals surface area contributed by atoms with E-state index >= 15 is 0 Å². The van der Waals surface area contributed by atoms with E-state index < -0.39 is 0 Å². The minimum Gasteiger partial charge on any atom is -0.369 e. The van der Waals surface area contributed by atoms with Crippen LogP contribution in [0.4, 0.5) is 11.6 Å². The first-order valence-electron chi connectivity index (χ1n) is 11.4. The maximum absolute atomic E-state index is 12.7. The number of rotatable bonds is 4. The normalized spacial score (nSPS) is 17.5. The van der Waals surface area contributed by atoms with Gasteiger partial charge in [-0.3, -0.25) is 9.36 Å². The van der Waals surface area contributed by atoms with Crippen molar-refractivity contribution in [2.24, 2.45) is 7.05 Å². The van der Waals surface area contributed by atoms with Gasteiger partial charge in [-0.15, -0.1) is 49.6 Å². The molecule has 0 saturated carbocycles. The molecule has 2 aliphatic heterocycles. The first kappa shape index (κ1) is 32.9. The SMILES string of the molecule is CN1CCN(c2ccc([C@H]3CN(c4nc(-c5ccncn5)cc(=O)n4C)CCN3)cc2)CC1.Cl.Cl.Cl.Cl. The van der Waals surface area contributed by atoms with Gasteiger partial charge in [0, 0.05) is 76.9 Å². The largest absolute Gasteiger partial charge is 0.369 e. The van der Waals surface area contributed by atoms with Gasteiger partial charge in [0.1, 0.15) is 6.33 Å². The summed E-state index contributed by atoms with van der Waals surface area (Å²) in [7, 11) is 3.95. The van der Waals surface area contributed by atoms with Crippen LogP contribution in [-0.2, 0) is 7.05 Å². The predicted octanol–water partition coefficient (Wildman–Crippen LogP) is 2.83. The molecule has 2 aliphatic rings. The summed E-state index contributed by atoms with van der Waals surface area (Å²) in [5, 5.41) is 3.62. The van der Waals surface area contributed by atoms with Gasteiger partial charge in [0.15, 0.2) is 0 Å². The molecule has 1 atom stereocenters. The quantitative estimate of drug-likeness (QED) is 0.496. The highest BCUT2D eigenvalue weighted by molar-refractivity contribution is 5.86. The molecule has 3 aromatic rings. The zero-order chi connectivity index (χ0) is 22.8. The van der Waals surface area contributed by atoms with E-state index in [0.29, 0.717) is 17.3 Å². The zero-order valence-corrected chi connectivity index (χ0v) is 24.1. The molecule has 2 fully saturated rings. The van der Waals surface area contributed by atoms with E-state index in [9.17, 15) is 4.79 Å². The van der Waals surface area contributed by atoms with Gasteiger partial charge in [-0.25, -0.2) is 15.0 Å². The van der Waals surface area contributed by atoms with Crippen LogP contribution in [0.2, 0.25) is 0 Å². The average molecular weight is 592 g/mol. The Hall–Kier alpha value is -2.14. The monoisotopic (exact) mass is 590 g/mol. The van der Waals surface area contributed by atoms with Crippen molar-refractivity contribution in [3.05, 3.63) is 64.8 Å².